The Morgan fingerprint density at radius 3 is 2.61 bits per heavy atom. The summed E-state index contributed by atoms with van der Waals surface area (Å²) in [5.74, 6) is -0.359. The zero-order chi connectivity index (χ0) is 22.2. The number of carbonyl (C=O) groups is 3. The number of anilines is 1. The van der Waals surface area contributed by atoms with Gasteiger partial charge in [-0.1, -0.05) is 31.4 Å². The molecule has 162 valence electrons. The van der Waals surface area contributed by atoms with Gasteiger partial charge in [0.2, 0.25) is 5.91 Å². The van der Waals surface area contributed by atoms with Gasteiger partial charge in [0, 0.05) is 30.1 Å². The molecule has 1 saturated carbocycles. The number of imide groups is 1. The number of nitrogens with one attached hydrogen (secondary N) is 2. The van der Waals surface area contributed by atoms with E-state index in [9.17, 15) is 19.2 Å². The van der Waals surface area contributed by atoms with Crippen LogP contribution in [0.5, 0.6) is 0 Å². The van der Waals surface area contributed by atoms with E-state index in [0.717, 1.165) is 24.2 Å². The molecule has 4 amide bonds. The molecule has 1 aromatic heterocycles. The number of carbonyl (C=O) groups excluding carboxylic acids is 3. The van der Waals surface area contributed by atoms with Crippen LogP contribution in [0.15, 0.2) is 35.1 Å². The van der Waals surface area contributed by atoms with Gasteiger partial charge in [0.1, 0.15) is 17.9 Å². The second-order valence-corrected chi connectivity index (χ2v) is 8.19. The van der Waals surface area contributed by atoms with Gasteiger partial charge in [-0.3, -0.25) is 19.3 Å². The summed E-state index contributed by atoms with van der Waals surface area (Å²) in [7, 11) is 1.64. The molecule has 0 bridgehead atoms. The predicted molar refractivity (Wildman–Crippen MR) is 114 cm³/mol. The van der Waals surface area contributed by atoms with Gasteiger partial charge < -0.3 is 15.2 Å². The van der Waals surface area contributed by atoms with Gasteiger partial charge >= 0.3 is 6.03 Å². The minimum Gasteiger partial charge on any atom is -0.325 e. The Labute approximate surface area is 179 Å². The lowest BCUT2D eigenvalue weighted by atomic mass is 9.81. The highest BCUT2D eigenvalue weighted by molar-refractivity contribution is 6.10. The fourth-order valence-electron chi connectivity index (χ4n) is 4.48. The molecular weight excluding hydrogens is 398 g/mol. The number of benzene rings is 1. The first-order valence-electron chi connectivity index (χ1n) is 10.4. The van der Waals surface area contributed by atoms with Crippen LogP contribution >= 0.6 is 0 Å². The minimum atomic E-state index is -0.807. The molecule has 9 heteroatoms. The van der Waals surface area contributed by atoms with Crippen LogP contribution in [0, 0.1) is 6.92 Å². The lowest BCUT2D eigenvalue weighted by Gasteiger charge is -2.35. The maximum absolute atomic E-state index is 13.0. The van der Waals surface area contributed by atoms with Crippen molar-refractivity contribution >= 4 is 23.5 Å². The highest BCUT2D eigenvalue weighted by Crippen LogP contribution is 2.39. The van der Waals surface area contributed by atoms with Gasteiger partial charge in [-0.15, -0.1) is 0 Å². The van der Waals surface area contributed by atoms with E-state index in [1.165, 1.54) is 11.0 Å². The molecule has 31 heavy (non-hydrogen) atoms. The number of nitrogens with zero attached hydrogens (tertiary/aromatic N) is 3. The standard InChI is InChI=1S/C22H25N5O4/c1-14-11-17(28)25-19(23-14)15-7-6-8-16(12-15)24-18(29)13-27-20(30)22(26(2)21(27)31)9-4-3-5-10-22/h6-8,11-12H,3-5,9-10,13H2,1-2H3,(H,24,29)(H,23,25,28). The second kappa shape index (κ2) is 7.98. The van der Waals surface area contributed by atoms with Crippen molar-refractivity contribution in [3.8, 4) is 11.4 Å². The first-order chi connectivity index (χ1) is 14.8. The smallest absolute Gasteiger partial charge is 0.325 e. The lowest BCUT2D eigenvalue weighted by Crippen LogP contribution is -2.49. The fraction of sp³-hybridized carbons (Fsp3) is 0.409. The van der Waals surface area contributed by atoms with Gasteiger partial charge in [-0.2, -0.15) is 0 Å². The van der Waals surface area contributed by atoms with Crippen molar-refractivity contribution in [1.82, 2.24) is 19.8 Å². The molecule has 0 atom stereocenters. The summed E-state index contributed by atoms with van der Waals surface area (Å²) in [4.78, 5) is 59.6. The van der Waals surface area contributed by atoms with Crippen molar-refractivity contribution in [2.45, 2.75) is 44.6 Å². The third kappa shape index (κ3) is 3.83. The lowest BCUT2D eigenvalue weighted by molar-refractivity contribution is -0.136. The van der Waals surface area contributed by atoms with Gasteiger partial charge in [-0.25, -0.2) is 9.78 Å². The molecule has 1 aliphatic heterocycles. The van der Waals surface area contributed by atoms with E-state index >= 15 is 0 Å². The Morgan fingerprint density at radius 1 is 1.16 bits per heavy atom. The maximum atomic E-state index is 13.0. The summed E-state index contributed by atoms with van der Waals surface area (Å²) in [5.41, 5.74) is 0.626. The summed E-state index contributed by atoms with van der Waals surface area (Å²) in [5, 5.41) is 2.73. The third-order valence-electron chi connectivity index (χ3n) is 6.08. The van der Waals surface area contributed by atoms with E-state index in [1.54, 1.807) is 38.2 Å². The summed E-state index contributed by atoms with van der Waals surface area (Å²) >= 11 is 0. The molecule has 2 aromatic rings. The van der Waals surface area contributed by atoms with E-state index in [0.29, 0.717) is 35.6 Å². The molecule has 2 fully saturated rings. The predicted octanol–water partition coefficient (Wildman–Crippen LogP) is 2.28. The number of H-pyrrole nitrogens is 1. The van der Waals surface area contributed by atoms with Gasteiger partial charge in [0.15, 0.2) is 0 Å². The van der Waals surface area contributed by atoms with Crippen LogP contribution in [0.4, 0.5) is 10.5 Å². The van der Waals surface area contributed by atoms with Crippen molar-refractivity contribution in [2.75, 3.05) is 18.9 Å². The third-order valence-corrected chi connectivity index (χ3v) is 6.08. The van der Waals surface area contributed by atoms with Crippen LogP contribution in [0.2, 0.25) is 0 Å². The summed E-state index contributed by atoms with van der Waals surface area (Å²) in [6.45, 7) is 1.39. The van der Waals surface area contributed by atoms with Crippen molar-refractivity contribution in [3.63, 3.8) is 0 Å². The second-order valence-electron chi connectivity index (χ2n) is 8.19. The number of aromatic nitrogens is 2. The van der Waals surface area contributed by atoms with Crippen LogP contribution < -0.4 is 10.9 Å². The van der Waals surface area contributed by atoms with Crippen molar-refractivity contribution in [1.29, 1.82) is 0 Å². The minimum absolute atomic E-state index is 0.260. The van der Waals surface area contributed by atoms with Crippen LogP contribution in [-0.4, -0.2) is 56.7 Å². The van der Waals surface area contributed by atoms with E-state index in [1.807, 2.05) is 0 Å². The quantitative estimate of drug-likeness (QED) is 0.732. The Balaban J connectivity index is 1.49. The largest absolute Gasteiger partial charge is 0.327 e. The summed E-state index contributed by atoms with van der Waals surface area (Å²) in [6.07, 6.45) is 4.11. The molecule has 4 rings (SSSR count). The average Bonchev–Trinajstić information content (AvgIpc) is 2.90. The molecule has 2 aliphatic rings. The SMILES string of the molecule is Cc1cc(=O)[nH]c(-c2cccc(NC(=O)CN3C(=O)N(C)C4(CCCCC4)C3=O)c2)n1. The highest BCUT2D eigenvalue weighted by Gasteiger charge is 2.55. The molecule has 1 aromatic carbocycles. The average molecular weight is 423 g/mol. The monoisotopic (exact) mass is 423 g/mol. The molecule has 0 unspecified atom stereocenters. The molecule has 1 aliphatic carbocycles. The Morgan fingerprint density at radius 2 is 1.90 bits per heavy atom. The number of likely N-dealkylation sites (N-methyl/N-ethyl adjacent to an activating group) is 1. The van der Waals surface area contributed by atoms with E-state index in [2.05, 4.69) is 15.3 Å². The zero-order valence-electron chi connectivity index (χ0n) is 17.6. The molecule has 2 heterocycles. The maximum Gasteiger partial charge on any atom is 0.327 e. The van der Waals surface area contributed by atoms with E-state index in [-0.39, 0.29) is 18.0 Å². The van der Waals surface area contributed by atoms with Crippen LogP contribution in [-0.2, 0) is 9.59 Å². The molecule has 1 saturated heterocycles. The van der Waals surface area contributed by atoms with Crippen molar-refractivity contribution in [2.24, 2.45) is 0 Å². The Bertz CT molecular complexity index is 1100. The van der Waals surface area contributed by atoms with Crippen molar-refractivity contribution in [3.05, 3.63) is 46.4 Å². The van der Waals surface area contributed by atoms with Gasteiger partial charge in [0.05, 0.1) is 0 Å². The Hall–Kier alpha value is -3.49. The molecule has 2 N–H and O–H groups in total. The molecular formula is C22H25N5O4. The van der Waals surface area contributed by atoms with E-state index < -0.39 is 17.5 Å². The Kier molecular flexibility index (Phi) is 5.34. The summed E-state index contributed by atoms with van der Waals surface area (Å²) < 4.78 is 0. The zero-order valence-corrected chi connectivity index (χ0v) is 17.6. The first kappa shape index (κ1) is 20.8. The van der Waals surface area contributed by atoms with Crippen LogP contribution in [0.1, 0.15) is 37.8 Å². The molecule has 0 radical (unpaired) electrons. The number of aromatic amines is 1. The van der Waals surface area contributed by atoms with Crippen LogP contribution in [0.3, 0.4) is 0 Å². The number of rotatable bonds is 4. The summed E-state index contributed by atoms with van der Waals surface area (Å²) in [6, 6.07) is 7.83. The normalized spacial score (nSPS) is 18.0. The van der Waals surface area contributed by atoms with Crippen LogP contribution in [0.25, 0.3) is 11.4 Å². The van der Waals surface area contributed by atoms with E-state index in [4.69, 9.17) is 0 Å². The highest BCUT2D eigenvalue weighted by atomic mass is 16.2. The van der Waals surface area contributed by atoms with Gasteiger partial charge in [-0.05, 0) is 31.9 Å². The number of amides is 4. The van der Waals surface area contributed by atoms with Gasteiger partial charge in [0.25, 0.3) is 11.5 Å². The number of urea groups is 1. The topological polar surface area (TPSA) is 115 Å². The number of hydrogen-bond donors (Lipinski definition) is 2. The first-order valence-corrected chi connectivity index (χ1v) is 10.4. The molecule has 1 spiro atoms. The number of aryl methyl sites for hydroxylation is 1. The van der Waals surface area contributed by atoms with Crippen molar-refractivity contribution < 1.29 is 14.4 Å². The number of hydrogen-bond acceptors (Lipinski definition) is 5. The fourth-order valence-corrected chi connectivity index (χ4v) is 4.48. The molecule has 9 nitrogen and oxygen atoms in total.